The molecule has 1 aromatic carbocycles. The molecule has 0 radical (unpaired) electrons. The molecular formula is C15H17Cl2NOS. The molecule has 108 valence electrons. The molecule has 0 aliphatic carbocycles. The van der Waals surface area contributed by atoms with Crippen molar-refractivity contribution >= 4 is 34.5 Å². The van der Waals surface area contributed by atoms with Crippen molar-refractivity contribution in [2.75, 3.05) is 13.7 Å². The lowest BCUT2D eigenvalue weighted by Gasteiger charge is -2.19. The zero-order valence-corrected chi connectivity index (χ0v) is 13.8. The molecule has 2 aromatic rings. The highest BCUT2D eigenvalue weighted by Crippen LogP contribution is 2.35. The number of thiophene rings is 1. The molecule has 1 aromatic heterocycles. The van der Waals surface area contributed by atoms with Crippen molar-refractivity contribution in [1.82, 2.24) is 5.32 Å². The Labute approximate surface area is 133 Å². The summed E-state index contributed by atoms with van der Waals surface area (Å²) < 4.78 is 5.98. The molecule has 0 aliphatic heterocycles. The molecule has 0 bridgehead atoms. The van der Waals surface area contributed by atoms with Gasteiger partial charge in [-0.15, -0.1) is 11.3 Å². The molecule has 0 amide bonds. The number of hydrogen-bond acceptors (Lipinski definition) is 3. The number of methoxy groups -OCH3 is 1. The second-order valence-electron chi connectivity index (χ2n) is 4.42. The van der Waals surface area contributed by atoms with Crippen molar-refractivity contribution in [1.29, 1.82) is 0 Å². The largest absolute Gasteiger partial charge is 0.497 e. The molecule has 0 fully saturated rings. The maximum Gasteiger partial charge on any atom is 0.120 e. The predicted molar refractivity (Wildman–Crippen MR) is 87.5 cm³/mol. The Morgan fingerprint density at radius 2 is 2.05 bits per heavy atom. The summed E-state index contributed by atoms with van der Waals surface area (Å²) in [6.07, 6.45) is 1.06. The number of ether oxygens (including phenoxy) is 1. The summed E-state index contributed by atoms with van der Waals surface area (Å²) in [6.45, 7) is 3.06. The Hall–Kier alpha value is -0.740. The normalized spacial score (nSPS) is 12.4. The van der Waals surface area contributed by atoms with Gasteiger partial charge in [0.05, 0.1) is 17.5 Å². The van der Waals surface area contributed by atoms with E-state index in [1.165, 1.54) is 0 Å². The molecule has 1 atom stereocenters. The van der Waals surface area contributed by atoms with Gasteiger partial charge in [-0.05, 0) is 42.8 Å². The third-order valence-electron chi connectivity index (χ3n) is 3.00. The zero-order valence-electron chi connectivity index (χ0n) is 11.5. The minimum Gasteiger partial charge on any atom is -0.497 e. The van der Waals surface area contributed by atoms with E-state index in [-0.39, 0.29) is 6.04 Å². The second kappa shape index (κ2) is 7.32. The van der Waals surface area contributed by atoms with Crippen LogP contribution in [0, 0.1) is 0 Å². The summed E-state index contributed by atoms with van der Waals surface area (Å²) in [4.78, 5) is 1.16. The first-order chi connectivity index (χ1) is 9.65. The van der Waals surface area contributed by atoms with E-state index in [1.807, 2.05) is 30.3 Å². The summed E-state index contributed by atoms with van der Waals surface area (Å²) in [5.41, 5.74) is 1.04. The Balaban J connectivity index is 2.35. The van der Waals surface area contributed by atoms with Gasteiger partial charge in [0.1, 0.15) is 5.75 Å². The molecular weight excluding hydrogens is 313 g/mol. The van der Waals surface area contributed by atoms with Crippen molar-refractivity contribution in [2.45, 2.75) is 19.4 Å². The van der Waals surface area contributed by atoms with Gasteiger partial charge in [-0.3, -0.25) is 0 Å². The van der Waals surface area contributed by atoms with Crippen molar-refractivity contribution in [3.8, 4) is 5.75 Å². The van der Waals surface area contributed by atoms with Gasteiger partial charge in [0.15, 0.2) is 0 Å². The molecule has 2 nitrogen and oxygen atoms in total. The lowest BCUT2D eigenvalue weighted by molar-refractivity contribution is 0.414. The number of halogens is 2. The fourth-order valence-corrected chi connectivity index (χ4v) is 3.44. The van der Waals surface area contributed by atoms with E-state index >= 15 is 0 Å². The van der Waals surface area contributed by atoms with Crippen LogP contribution < -0.4 is 10.1 Å². The maximum atomic E-state index is 6.39. The highest BCUT2D eigenvalue weighted by molar-refractivity contribution is 7.16. The van der Waals surface area contributed by atoms with Gasteiger partial charge in [0.2, 0.25) is 0 Å². The van der Waals surface area contributed by atoms with Gasteiger partial charge in [-0.1, -0.05) is 36.2 Å². The third kappa shape index (κ3) is 3.67. The molecule has 2 rings (SSSR count). The fraction of sp³-hybridized carbons (Fsp3) is 0.333. The Kier molecular flexibility index (Phi) is 5.73. The van der Waals surface area contributed by atoms with E-state index < -0.39 is 0 Å². The lowest BCUT2D eigenvalue weighted by Crippen LogP contribution is -2.22. The van der Waals surface area contributed by atoms with Crippen LogP contribution in [-0.2, 0) is 0 Å². The number of hydrogen-bond donors (Lipinski definition) is 1. The summed E-state index contributed by atoms with van der Waals surface area (Å²) in [7, 11) is 1.64. The first-order valence-corrected chi connectivity index (χ1v) is 8.05. The molecule has 0 spiro atoms. The van der Waals surface area contributed by atoms with Crippen molar-refractivity contribution in [2.24, 2.45) is 0 Å². The van der Waals surface area contributed by atoms with Gasteiger partial charge in [0.25, 0.3) is 0 Å². The van der Waals surface area contributed by atoms with Crippen LogP contribution in [-0.4, -0.2) is 13.7 Å². The van der Waals surface area contributed by atoms with E-state index in [9.17, 15) is 0 Å². The first kappa shape index (κ1) is 15.6. The van der Waals surface area contributed by atoms with Gasteiger partial charge in [-0.2, -0.15) is 0 Å². The minimum atomic E-state index is 0.0610. The molecule has 1 heterocycles. The highest BCUT2D eigenvalue weighted by atomic mass is 35.5. The summed E-state index contributed by atoms with van der Waals surface area (Å²) >= 11 is 14.0. The Morgan fingerprint density at radius 1 is 1.25 bits per heavy atom. The Bertz CT molecular complexity index is 571. The van der Waals surface area contributed by atoms with Crippen LogP contribution in [0.5, 0.6) is 5.75 Å². The SMILES string of the molecule is CCCNC(c1ccc(Cl)s1)c1ccc(OC)cc1Cl. The molecule has 1 N–H and O–H groups in total. The topological polar surface area (TPSA) is 21.3 Å². The van der Waals surface area contributed by atoms with Crippen LogP contribution in [0.3, 0.4) is 0 Å². The van der Waals surface area contributed by atoms with E-state index in [1.54, 1.807) is 18.4 Å². The molecule has 0 aliphatic rings. The summed E-state index contributed by atoms with van der Waals surface area (Å²) in [5.74, 6) is 0.761. The number of nitrogens with one attached hydrogen (secondary N) is 1. The average Bonchev–Trinajstić information content (AvgIpc) is 2.87. The van der Waals surface area contributed by atoms with Crippen LogP contribution in [0.15, 0.2) is 30.3 Å². The molecule has 1 unspecified atom stereocenters. The van der Waals surface area contributed by atoms with Crippen molar-refractivity contribution < 1.29 is 4.74 Å². The lowest BCUT2D eigenvalue weighted by atomic mass is 10.0. The molecule has 5 heteroatoms. The van der Waals surface area contributed by atoms with Crippen LogP contribution in [0.2, 0.25) is 9.36 Å². The molecule has 0 saturated heterocycles. The monoisotopic (exact) mass is 329 g/mol. The van der Waals surface area contributed by atoms with Gasteiger partial charge in [0, 0.05) is 9.90 Å². The predicted octanol–water partition coefficient (Wildman–Crippen LogP) is 5.15. The van der Waals surface area contributed by atoms with E-state index in [0.29, 0.717) is 5.02 Å². The van der Waals surface area contributed by atoms with E-state index in [2.05, 4.69) is 12.2 Å². The number of rotatable bonds is 6. The number of benzene rings is 1. The smallest absolute Gasteiger partial charge is 0.120 e. The minimum absolute atomic E-state index is 0.0610. The van der Waals surface area contributed by atoms with Crippen LogP contribution >= 0.6 is 34.5 Å². The Morgan fingerprint density at radius 3 is 2.60 bits per heavy atom. The van der Waals surface area contributed by atoms with Crippen LogP contribution in [0.1, 0.15) is 29.8 Å². The van der Waals surface area contributed by atoms with Gasteiger partial charge >= 0.3 is 0 Å². The first-order valence-electron chi connectivity index (χ1n) is 6.47. The van der Waals surface area contributed by atoms with Crippen LogP contribution in [0.25, 0.3) is 0 Å². The molecule has 0 saturated carbocycles. The fourth-order valence-electron chi connectivity index (χ4n) is 2.00. The van der Waals surface area contributed by atoms with E-state index in [4.69, 9.17) is 27.9 Å². The average molecular weight is 330 g/mol. The quantitative estimate of drug-likeness (QED) is 0.790. The van der Waals surface area contributed by atoms with Gasteiger partial charge in [-0.25, -0.2) is 0 Å². The zero-order chi connectivity index (χ0) is 14.5. The summed E-state index contributed by atoms with van der Waals surface area (Å²) in [5, 5.41) is 4.22. The maximum absolute atomic E-state index is 6.39. The summed E-state index contributed by atoms with van der Waals surface area (Å²) in [6, 6.07) is 9.79. The molecule has 20 heavy (non-hydrogen) atoms. The van der Waals surface area contributed by atoms with Crippen molar-refractivity contribution in [3.63, 3.8) is 0 Å². The standard InChI is InChI=1S/C15H17Cl2NOS/c1-3-8-18-15(13-6-7-14(17)20-13)11-5-4-10(19-2)9-12(11)16/h4-7,9,15,18H,3,8H2,1-2H3. The third-order valence-corrected chi connectivity index (χ3v) is 4.62. The van der Waals surface area contributed by atoms with Gasteiger partial charge < -0.3 is 10.1 Å². The van der Waals surface area contributed by atoms with Crippen molar-refractivity contribution in [3.05, 3.63) is 50.1 Å². The van der Waals surface area contributed by atoms with E-state index in [0.717, 1.165) is 33.5 Å². The van der Waals surface area contributed by atoms with Crippen LogP contribution in [0.4, 0.5) is 0 Å². The second-order valence-corrected chi connectivity index (χ2v) is 6.57. The highest BCUT2D eigenvalue weighted by Gasteiger charge is 2.18.